The number of amidine groups is 1. The second kappa shape index (κ2) is 10.0. The van der Waals surface area contributed by atoms with E-state index in [2.05, 4.69) is 15.6 Å². The van der Waals surface area contributed by atoms with Gasteiger partial charge in [0.15, 0.2) is 11.2 Å². The molecule has 0 saturated carbocycles. The van der Waals surface area contributed by atoms with Crippen LogP contribution in [-0.4, -0.2) is 28.0 Å². The van der Waals surface area contributed by atoms with Gasteiger partial charge in [-0.1, -0.05) is 53.7 Å². The van der Waals surface area contributed by atoms with Gasteiger partial charge in [-0.2, -0.15) is 0 Å². The second-order valence-corrected chi connectivity index (χ2v) is 8.81. The van der Waals surface area contributed by atoms with Crippen LogP contribution in [-0.2, 0) is 9.59 Å². The lowest BCUT2D eigenvalue weighted by molar-refractivity contribution is -0.779. The van der Waals surface area contributed by atoms with Crippen molar-refractivity contribution in [1.82, 2.24) is 5.27 Å². The molecule has 0 atom stereocenters. The van der Waals surface area contributed by atoms with E-state index in [9.17, 15) is 9.59 Å². The minimum atomic E-state index is -0.303. The average molecular weight is 483 g/mol. The summed E-state index contributed by atoms with van der Waals surface area (Å²) in [6, 6.07) is 16.4. The molecule has 168 valence electrons. The minimum absolute atomic E-state index is 0.0300. The number of aliphatic imine (C=N–C) groups is 1. The fourth-order valence-corrected chi connectivity index (χ4v) is 4.02. The molecule has 2 aromatic carbocycles. The monoisotopic (exact) mass is 482 g/mol. The second-order valence-electron chi connectivity index (χ2n) is 7.43. The van der Waals surface area contributed by atoms with Crippen LogP contribution in [0.15, 0.2) is 76.0 Å². The predicted molar refractivity (Wildman–Crippen MR) is 129 cm³/mol. The van der Waals surface area contributed by atoms with E-state index in [1.165, 1.54) is 4.90 Å². The molecule has 0 fully saturated rings. The van der Waals surface area contributed by atoms with Gasteiger partial charge in [0.2, 0.25) is 11.2 Å². The van der Waals surface area contributed by atoms with Crippen molar-refractivity contribution in [3.05, 3.63) is 77.1 Å². The molecular weight excluding hydrogens is 462 g/mol. The van der Waals surface area contributed by atoms with Crippen LogP contribution in [0.25, 0.3) is 6.08 Å². The van der Waals surface area contributed by atoms with Crippen LogP contribution in [0.1, 0.15) is 25.5 Å². The molecule has 1 N–H and O–H groups in total. The van der Waals surface area contributed by atoms with Crippen molar-refractivity contribution in [1.29, 1.82) is 0 Å². The fraction of sp³-hybridized carbons (Fsp3) is 0.174. The topological polar surface area (TPSA) is 91.7 Å². The van der Waals surface area contributed by atoms with Gasteiger partial charge in [-0.25, -0.2) is 4.99 Å². The predicted octanol–water partition coefficient (Wildman–Crippen LogP) is 4.31. The van der Waals surface area contributed by atoms with E-state index in [1.807, 2.05) is 50.2 Å². The average Bonchev–Trinajstić information content (AvgIpc) is 3.38. The Hall–Kier alpha value is -3.43. The van der Waals surface area contributed by atoms with Crippen LogP contribution in [0.4, 0.5) is 11.6 Å². The first kappa shape index (κ1) is 22.8. The molecule has 0 unspecified atom stereocenters. The molecule has 0 aliphatic carbocycles. The molecule has 3 aromatic rings. The zero-order valence-electron chi connectivity index (χ0n) is 17.9. The summed E-state index contributed by atoms with van der Waals surface area (Å²) in [6.45, 7) is 3.90. The van der Waals surface area contributed by atoms with Crippen LogP contribution < -0.4 is 14.9 Å². The van der Waals surface area contributed by atoms with Crippen LogP contribution in [0, 0.1) is 0 Å². The van der Waals surface area contributed by atoms with Gasteiger partial charge >= 0.3 is 5.88 Å². The van der Waals surface area contributed by atoms with Crippen LogP contribution >= 0.6 is 23.4 Å². The Kier molecular flexibility index (Phi) is 6.90. The molecule has 0 bridgehead atoms. The van der Waals surface area contributed by atoms with Crippen molar-refractivity contribution in [3.8, 4) is 0 Å². The number of nitrogens with one attached hydrogen (secondary N) is 1. The van der Waals surface area contributed by atoms with Crippen LogP contribution in [0.2, 0.25) is 5.02 Å². The third kappa shape index (κ3) is 5.50. The summed E-state index contributed by atoms with van der Waals surface area (Å²) < 4.78 is 6.73. The highest BCUT2D eigenvalue weighted by molar-refractivity contribution is 8.14. The first-order valence-corrected chi connectivity index (χ1v) is 11.5. The molecule has 10 heteroatoms. The number of amides is 2. The number of halogens is 1. The first-order valence-electron chi connectivity index (χ1n) is 10.2. The highest BCUT2D eigenvalue weighted by Crippen LogP contribution is 2.29. The van der Waals surface area contributed by atoms with Gasteiger partial charge in [0.05, 0.1) is 11.4 Å². The summed E-state index contributed by atoms with van der Waals surface area (Å²) in [6.07, 6.45) is 3.29. The molecule has 0 spiro atoms. The number of thioether (sulfide) groups is 1. The molecule has 2 heterocycles. The number of hydrogen-bond donors (Lipinski definition) is 1. The van der Waals surface area contributed by atoms with E-state index in [-0.39, 0.29) is 35.2 Å². The Bertz CT molecular complexity index is 1240. The fourth-order valence-electron chi connectivity index (χ4n) is 3.01. The molecule has 0 saturated heterocycles. The lowest BCUT2D eigenvalue weighted by Crippen LogP contribution is -2.37. The minimum Gasteiger partial charge on any atom is -0.288 e. The molecule has 4 rings (SSSR count). The first-order chi connectivity index (χ1) is 15.9. The molecule has 1 aliphatic rings. The zero-order valence-corrected chi connectivity index (χ0v) is 19.5. The Morgan fingerprint density at radius 1 is 1.24 bits per heavy atom. The third-order valence-corrected chi connectivity index (χ3v) is 5.78. The summed E-state index contributed by atoms with van der Waals surface area (Å²) in [4.78, 5) is 31.7. The van der Waals surface area contributed by atoms with Crippen LogP contribution in [0.3, 0.4) is 0 Å². The van der Waals surface area contributed by atoms with Crippen molar-refractivity contribution in [2.24, 2.45) is 4.99 Å². The van der Waals surface area contributed by atoms with E-state index >= 15 is 0 Å². The van der Waals surface area contributed by atoms with E-state index in [0.717, 1.165) is 17.3 Å². The molecule has 8 nitrogen and oxygen atoms in total. The number of rotatable bonds is 6. The summed E-state index contributed by atoms with van der Waals surface area (Å²) in [5, 5.41) is 7.49. The van der Waals surface area contributed by atoms with Crippen LogP contribution in [0.5, 0.6) is 0 Å². The Morgan fingerprint density at radius 2 is 2.03 bits per heavy atom. The maximum Gasteiger partial charge on any atom is 0.302 e. The third-order valence-electron chi connectivity index (χ3n) is 4.60. The smallest absolute Gasteiger partial charge is 0.288 e. The number of anilines is 2. The van der Waals surface area contributed by atoms with Gasteiger partial charge < -0.3 is 0 Å². The highest BCUT2D eigenvalue weighted by Gasteiger charge is 2.32. The zero-order chi connectivity index (χ0) is 23.4. The van der Waals surface area contributed by atoms with Gasteiger partial charge in [-0.3, -0.25) is 24.3 Å². The Labute approximate surface area is 199 Å². The van der Waals surface area contributed by atoms with Gasteiger partial charge in [-0.15, -0.1) is 0 Å². The number of hydrogen-bond acceptors (Lipinski definition) is 6. The molecule has 1 aromatic heterocycles. The number of nitrogens with zero attached hydrogens (tertiary/aromatic N) is 4. The highest BCUT2D eigenvalue weighted by atomic mass is 35.5. The van der Waals surface area contributed by atoms with Crippen molar-refractivity contribution in [3.63, 3.8) is 0 Å². The lowest BCUT2D eigenvalue weighted by Gasteiger charge is -2.17. The van der Waals surface area contributed by atoms with E-state index in [0.29, 0.717) is 15.9 Å². The molecule has 2 amide bonds. The van der Waals surface area contributed by atoms with Gasteiger partial charge in [0.25, 0.3) is 12.1 Å². The number of carbonyl (C=O) groups is 2. The maximum absolute atomic E-state index is 13.2. The quantitative estimate of drug-likeness (QED) is 0.417. The summed E-state index contributed by atoms with van der Waals surface area (Å²) in [5.41, 5.74) is 1.68. The summed E-state index contributed by atoms with van der Waals surface area (Å²) in [5.74, 6) is -0.303. The van der Waals surface area contributed by atoms with E-state index in [1.54, 1.807) is 35.2 Å². The van der Waals surface area contributed by atoms with Gasteiger partial charge in [-0.05, 0) is 54.4 Å². The molecular formula is C23H21ClN5O3S+. The van der Waals surface area contributed by atoms with E-state index < -0.39 is 0 Å². The lowest BCUT2D eigenvalue weighted by atomic mass is 10.2. The normalized spacial score (nSPS) is 14.8. The summed E-state index contributed by atoms with van der Waals surface area (Å²) in [7, 11) is 0. The van der Waals surface area contributed by atoms with Crippen molar-refractivity contribution in [2.75, 3.05) is 16.0 Å². The molecule has 33 heavy (non-hydrogen) atoms. The van der Waals surface area contributed by atoms with Crippen molar-refractivity contribution >= 4 is 58.0 Å². The Balaban J connectivity index is 1.53. The number of benzene rings is 2. The number of carbonyl (C=O) groups excluding carboxylic acids is 2. The number of aromatic nitrogens is 2. The maximum atomic E-state index is 13.2. The number of para-hydroxylation sites is 1. The molecule has 0 radical (unpaired) electrons. The van der Waals surface area contributed by atoms with E-state index in [4.69, 9.17) is 16.1 Å². The Morgan fingerprint density at radius 3 is 2.73 bits per heavy atom. The van der Waals surface area contributed by atoms with Crippen molar-refractivity contribution in [2.45, 2.75) is 19.9 Å². The van der Waals surface area contributed by atoms with Gasteiger partial charge in [0, 0.05) is 5.02 Å². The standard InChI is InChI=1S/C23H20ClN5O3S/c1-15(2)28-13-21(32-27-28)26-20(30)14-33-23-25-19(12-16-7-6-8-17(24)11-16)22(31)29(23)18-9-4-3-5-10-18/h3-13,15H,14H2,1-2H3/p+1/b19-12+. The van der Waals surface area contributed by atoms with Crippen molar-refractivity contribution < 1.29 is 18.8 Å². The summed E-state index contributed by atoms with van der Waals surface area (Å²) >= 11 is 7.22. The largest absolute Gasteiger partial charge is 0.302 e. The SMILES string of the molecule is CC(C)[n+]1cc(NC(=O)CSC2=N/C(=C/c3cccc(Cl)c3)C(=O)N2c2ccccc2)on1. The van der Waals surface area contributed by atoms with Gasteiger partial charge in [0.1, 0.15) is 5.70 Å². The molecule has 1 aliphatic heterocycles.